The Bertz CT molecular complexity index is 382. The van der Waals surface area contributed by atoms with E-state index in [9.17, 15) is 0 Å². The number of hydrogen-bond donors (Lipinski definition) is 2. The van der Waals surface area contributed by atoms with Crippen molar-refractivity contribution in [1.82, 2.24) is 10.7 Å². The van der Waals surface area contributed by atoms with E-state index in [1.807, 2.05) is 6.92 Å². The maximum Gasteiger partial charge on any atom is 0.186 e. The molecule has 0 radical (unpaired) electrons. The highest BCUT2D eigenvalue weighted by Crippen LogP contribution is 2.15. The van der Waals surface area contributed by atoms with E-state index < -0.39 is 0 Å². The smallest absolute Gasteiger partial charge is 0.186 e. The second-order valence-electron chi connectivity index (χ2n) is 3.48. The van der Waals surface area contributed by atoms with E-state index in [0.29, 0.717) is 5.11 Å². The van der Waals surface area contributed by atoms with Crippen LogP contribution in [0.3, 0.4) is 0 Å². The molecule has 0 saturated heterocycles. The van der Waals surface area contributed by atoms with Crippen LogP contribution in [-0.2, 0) is 0 Å². The lowest BCUT2D eigenvalue weighted by Gasteiger charge is -2.05. The molecule has 16 heavy (non-hydrogen) atoms. The Morgan fingerprint density at radius 2 is 2.25 bits per heavy atom. The second kappa shape index (κ2) is 6.60. The SMILES string of the molecule is CCCNC(=S)N/N=C(/C)c1ccc(C)s1. The fourth-order valence-electron chi connectivity index (χ4n) is 1.10. The Kier molecular flexibility index (Phi) is 5.42. The lowest BCUT2D eigenvalue weighted by Crippen LogP contribution is -2.32. The van der Waals surface area contributed by atoms with Crippen LogP contribution in [0.15, 0.2) is 17.2 Å². The number of rotatable bonds is 4. The Morgan fingerprint density at radius 3 is 2.81 bits per heavy atom. The van der Waals surface area contributed by atoms with E-state index in [2.05, 4.69) is 41.8 Å². The summed E-state index contributed by atoms with van der Waals surface area (Å²) in [5.74, 6) is 0. The summed E-state index contributed by atoms with van der Waals surface area (Å²) in [6.07, 6.45) is 1.05. The first-order valence-corrected chi connectivity index (χ1v) is 6.51. The molecule has 0 aliphatic heterocycles. The fourth-order valence-corrected chi connectivity index (χ4v) is 2.06. The van der Waals surface area contributed by atoms with Gasteiger partial charge in [0.25, 0.3) is 0 Å². The standard InChI is InChI=1S/C11H17N3S2/c1-4-7-12-11(15)14-13-9(3)10-6-5-8(2)16-10/h5-6H,4,7H2,1-3H3,(H2,12,14,15)/b13-9-. The zero-order valence-corrected chi connectivity index (χ0v) is 11.5. The molecular weight excluding hydrogens is 238 g/mol. The zero-order valence-electron chi connectivity index (χ0n) is 9.83. The van der Waals surface area contributed by atoms with Crippen molar-refractivity contribution in [1.29, 1.82) is 0 Å². The van der Waals surface area contributed by atoms with E-state index in [1.54, 1.807) is 11.3 Å². The van der Waals surface area contributed by atoms with Gasteiger partial charge in [0.1, 0.15) is 0 Å². The van der Waals surface area contributed by atoms with E-state index in [4.69, 9.17) is 12.2 Å². The molecule has 1 aromatic rings. The lowest BCUT2D eigenvalue weighted by molar-refractivity contribution is 0.816. The van der Waals surface area contributed by atoms with Crippen LogP contribution in [0.1, 0.15) is 30.0 Å². The summed E-state index contributed by atoms with van der Waals surface area (Å²) in [7, 11) is 0. The monoisotopic (exact) mass is 255 g/mol. The van der Waals surface area contributed by atoms with Gasteiger partial charge in [-0.05, 0) is 44.6 Å². The van der Waals surface area contributed by atoms with Crippen molar-refractivity contribution in [3.8, 4) is 0 Å². The molecule has 0 saturated carbocycles. The Labute approximate surface area is 106 Å². The average Bonchev–Trinajstić information content (AvgIpc) is 2.69. The van der Waals surface area contributed by atoms with Gasteiger partial charge in [-0.2, -0.15) is 5.10 Å². The minimum atomic E-state index is 0.578. The Hall–Kier alpha value is -0.940. The summed E-state index contributed by atoms with van der Waals surface area (Å²) in [5.41, 5.74) is 3.80. The fraction of sp³-hybridized carbons (Fsp3) is 0.455. The van der Waals surface area contributed by atoms with Crippen LogP contribution in [0.25, 0.3) is 0 Å². The van der Waals surface area contributed by atoms with Crippen molar-refractivity contribution in [3.05, 3.63) is 21.9 Å². The summed E-state index contributed by atoms with van der Waals surface area (Å²) in [4.78, 5) is 2.46. The highest BCUT2D eigenvalue weighted by Gasteiger charge is 2.00. The Morgan fingerprint density at radius 1 is 1.50 bits per heavy atom. The van der Waals surface area contributed by atoms with E-state index in [-0.39, 0.29) is 0 Å². The molecule has 88 valence electrons. The minimum Gasteiger partial charge on any atom is -0.361 e. The van der Waals surface area contributed by atoms with Crippen molar-refractivity contribution in [2.75, 3.05) is 6.54 Å². The molecule has 1 rings (SSSR count). The van der Waals surface area contributed by atoms with Gasteiger partial charge in [-0.25, -0.2) is 0 Å². The van der Waals surface area contributed by atoms with Crippen LogP contribution in [0.2, 0.25) is 0 Å². The third-order valence-corrected chi connectivity index (χ3v) is 3.30. The molecule has 1 heterocycles. The second-order valence-corrected chi connectivity index (χ2v) is 5.17. The zero-order chi connectivity index (χ0) is 12.0. The van der Waals surface area contributed by atoms with Gasteiger partial charge >= 0.3 is 0 Å². The molecule has 5 heteroatoms. The Balaban J connectivity index is 2.48. The van der Waals surface area contributed by atoms with Crippen molar-refractivity contribution in [2.45, 2.75) is 27.2 Å². The number of thiocarbonyl (C=S) groups is 1. The average molecular weight is 255 g/mol. The molecule has 0 aromatic carbocycles. The summed E-state index contributed by atoms with van der Waals surface area (Å²) in [6.45, 7) is 7.03. The molecule has 3 nitrogen and oxygen atoms in total. The van der Waals surface area contributed by atoms with Crippen molar-refractivity contribution < 1.29 is 0 Å². The first-order valence-electron chi connectivity index (χ1n) is 5.28. The van der Waals surface area contributed by atoms with Gasteiger partial charge in [-0.15, -0.1) is 11.3 Å². The molecule has 0 unspecified atom stereocenters. The third-order valence-electron chi connectivity index (χ3n) is 1.96. The number of thiophene rings is 1. The summed E-state index contributed by atoms with van der Waals surface area (Å²) < 4.78 is 0. The third kappa shape index (κ3) is 4.28. The van der Waals surface area contributed by atoms with Gasteiger partial charge in [0.2, 0.25) is 0 Å². The normalized spacial score (nSPS) is 11.3. The van der Waals surface area contributed by atoms with Crippen LogP contribution in [0.4, 0.5) is 0 Å². The van der Waals surface area contributed by atoms with Crippen LogP contribution in [0.5, 0.6) is 0 Å². The van der Waals surface area contributed by atoms with Gasteiger partial charge < -0.3 is 5.32 Å². The van der Waals surface area contributed by atoms with E-state index in [0.717, 1.165) is 18.7 Å². The van der Waals surface area contributed by atoms with Crippen LogP contribution in [-0.4, -0.2) is 17.4 Å². The molecule has 1 aromatic heterocycles. The number of nitrogens with one attached hydrogen (secondary N) is 2. The van der Waals surface area contributed by atoms with Crippen molar-refractivity contribution in [2.24, 2.45) is 5.10 Å². The molecule has 0 amide bonds. The molecule has 0 bridgehead atoms. The van der Waals surface area contributed by atoms with E-state index >= 15 is 0 Å². The lowest BCUT2D eigenvalue weighted by atomic mass is 10.3. The van der Waals surface area contributed by atoms with Gasteiger partial charge in [-0.3, -0.25) is 5.43 Å². The molecular formula is C11H17N3S2. The predicted octanol–water partition coefficient (Wildman–Crippen LogP) is 2.65. The minimum absolute atomic E-state index is 0.578. The highest BCUT2D eigenvalue weighted by atomic mass is 32.1. The number of hydrazone groups is 1. The van der Waals surface area contributed by atoms with Crippen LogP contribution < -0.4 is 10.7 Å². The topological polar surface area (TPSA) is 36.4 Å². The summed E-state index contributed by atoms with van der Waals surface area (Å²) >= 11 is 6.80. The predicted molar refractivity (Wildman–Crippen MR) is 75.3 cm³/mol. The van der Waals surface area contributed by atoms with Gasteiger partial charge in [0, 0.05) is 11.4 Å². The number of nitrogens with zero attached hydrogens (tertiary/aromatic N) is 1. The number of hydrogen-bond acceptors (Lipinski definition) is 3. The summed E-state index contributed by atoms with van der Waals surface area (Å²) in [5, 5.41) is 7.87. The first kappa shape index (κ1) is 13.1. The van der Waals surface area contributed by atoms with Crippen LogP contribution in [0, 0.1) is 6.92 Å². The molecule has 2 N–H and O–H groups in total. The highest BCUT2D eigenvalue weighted by molar-refractivity contribution is 7.80. The van der Waals surface area contributed by atoms with Gasteiger partial charge in [0.05, 0.1) is 10.6 Å². The maximum absolute atomic E-state index is 5.07. The molecule has 0 aliphatic carbocycles. The number of aryl methyl sites for hydroxylation is 1. The quantitative estimate of drug-likeness (QED) is 0.493. The van der Waals surface area contributed by atoms with Crippen molar-refractivity contribution in [3.63, 3.8) is 0 Å². The largest absolute Gasteiger partial charge is 0.361 e. The maximum atomic E-state index is 5.07. The van der Waals surface area contributed by atoms with Crippen molar-refractivity contribution >= 4 is 34.4 Å². The molecule has 0 fully saturated rings. The first-order chi connectivity index (χ1) is 7.63. The van der Waals surface area contributed by atoms with Gasteiger partial charge in [0.15, 0.2) is 5.11 Å². The molecule has 0 aliphatic rings. The van der Waals surface area contributed by atoms with E-state index in [1.165, 1.54) is 9.75 Å². The van der Waals surface area contributed by atoms with Crippen LogP contribution >= 0.6 is 23.6 Å². The molecule has 0 spiro atoms. The molecule has 0 atom stereocenters. The summed E-state index contributed by atoms with van der Waals surface area (Å²) in [6, 6.07) is 4.16. The van der Waals surface area contributed by atoms with Gasteiger partial charge in [-0.1, -0.05) is 6.92 Å².